The minimum Gasteiger partial charge on any atom is -0.447 e. The van der Waals surface area contributed by atoms with Gasteiger partial charge < -0.3 is 4.74 Å². The van der Waals surface area contributed by atoms with E-state index in [1.807, 2.05) is 0 Å². The molecule has 3 atom stereocenters. The molecule has 0 aliphatic carbocycles. The third kappa shape index (κ3) is 5.18. The molecule has 3 heteroatoms. The lowest BCUT2D eigenvalue weighted by atomic mass is 9.78. The molecule has 3 unspecified atom stereocenters. The largest absolute Gasteiger partial charge is 0.447 e. The second-order valence-electron chi connectivity index (χ2n) is 7.46. The van der Waals surface area contributed by atoms with E-state index in [9.17, 15) is 4.79 Å². The molecule has 140 valence electrons. The molecule has 3 nitrogen and oxygen atoms in total. The first kappa shape index (κ1) is 20.2. The third-order valence-electron chi connectivity index (χ3n) is 5.12. The Morgan fingerprint density at radius 2 is 1.58 bits per heavy atom. The molecule has 0 aliphatic rings. The summed E-state index contributed by atoms with van der Waals surface area (Å²) in [7, 11) is 0. The number of esters is 1. The van der Waals surface area contributed by atoms with Gasteiger partial charge in [0.2, 0.25) is 0 Å². The van der Waals surface area contributed by atoms with Gasteiger partial charge in [-0.1, -0.05) is 69.3 Å². The highest BCUT2D eigenvalue weighted by molar-refractivity contribution is 5.66. The van der Waals surface area contributed by atoms with Gasteiger partial charge in [0, 0.05) is 13.3 Å². The van der Waals surface area contributed by atoms with Gasteiger partial charge in [-0.3, -0.25) is 10.5 Å². The van der Waals surface area contributed by atoms with E-state index in [2.05, 4.69) is 76.2 Å². The molecule has 0 radical (unpaired) electrons. The second-order valence-corrected chi connectivity index (χ2v) is 7.46. The van der Waals surface area contributed by atoms with Crippen molar-refractivity contribution in [3.05, 3.63) is 70.8 Å². The fourth-order valence-electron chi connectivity index (χ4n) is 3.58. The molecular formula is C23H31NO2. The Labute approximate surface area is 157 Å². The second kappa shape index (κ2) is 9.00. The van der Waals surface area contributed by atoms with Crippen LogP contribution in [-0.4, -0.2) is 12.2 Å². The summed E-state index contributed by atoms with van der Waals surface area (Å²) in [4.78, 5) is 11.3. The normalized spacial score (nSPS) is 14.7. The minimum absolute atomic E-state index is 0.173. The van der Waals surface area contributed by atoms with E-state index < -0.39 is 6.23 Å². The van der Waals surface area contributed by atoms with E-state index in [4.69, 9.17) is 10.5 Å². The zero-order valence-corrected chi connectivity index (χ0v) is 16.5. The molecule has 2 aromatic rings. The van der Waals surface area contributed by atoms with Crippen molar-refractivity contribution >= 4 is 5.97 Å². The van der Waals surface area contributed by atoms with Crippen LogP contribution >= 0.6 is 0 Å². The fraction of sp³-hybridized carbons (Fsp3) is 0.435. The van der Waals surface area contributed by atoms with Gasteiger partial charge in [0.1, 0.15) is 0 Å². The monoisotopic (exact) mass is 353 g/mol. The van der Waals surface area contributed by atoms with Crippen LogP contribution in [-0.2, 0) is 9.53 Å². The predicted molar refractivity (Wildman–Crippen MR) is 107 cm³/mol. The van der Waals surface area contributed by atoms with E-state index in [-0.39, 0.29) is 17.8 Å². The fourth-order valence-corrected chi connectivity index (χ4v) is 3.58. The summed E-state index contributed by atoms with van der Waals surface area (Å²) in [6, 6.07) is 17.2. The van der Waals surface area contributed by atoms with Crippen molar-refractivity contribution in [2.75, 3.05) is 0 Å². The molecule has 2 N–H and O–H groups in total. The van der Waals surface area contributed by atoms with Crippen LogP contribution in [0.3, 0.4) is 0 Å². The molecule has 0 aromatic heterocycles. The molecule has 0 saturated heterocycles. The maximum Gasteiger partial charge on any atom is 0.304 e. The molecule has 2 aromatic carbocycles. The van der Waals surface area contributed by atoms with E-state index in [1.54, 1.807) is 0 Å². The van der Waals surface area contributed by atoms with Crippen LogP contribution in [0, 0.1) is 6.92 Å². The van der Waals surface area contributed by atoms with Gasteiger partial charge in [0.25, 0.3) is 0 Å². The average molecular weight is 354 g/mol. The first-order chi connectivity index (χ1) is 12.3. The van der Waals surface area contributed by atoms with Crippen molar-refractivity contribution in [3.63, 3.8) is 0 Å². The van der Waals surface area contributed by atoms with Crippen LogP contribution in [0.4, 0.5) is 0 Å². The van der Waals surface area contributed by atoms with E-state index in [1.165, 1.54) is 29.2 Å². The van der Waals surface area contributed by atoms with E-state index in [0.717, 1.165) is 0 Å². The summed E-state index contributed by atoms with van der Waals surface area (Å²) in [6.07, 6.45) is -0.00966. The Morgan fingerprint density at radius 1 is 1.00 bits per heavy atom. The average Bonchev–Trinajstić information content (AvgIpc) is 2.59. The predicted octanol–water partition coefficient (Wildman–Crippen LogP) is 5.24. The molecule has 26 heavy (non-hydrogen) atoms. The summed E-state index contributed by atoms with van der Waals surface area (Å²) in [5, 5.41) is 0. The lowest BCUT2D eigenvalue weighted by Crippen LogP contribution is -2.29. The molecule has 0 amide bonds. The maximum atomic E-state index is 11.3. The van der Waals surface area contributed by atoms with E-state index in [0.29, 0.717) is 12.3 Å². The van der Waals surface area contributed by atoms with Gasteiger partial charge in [-0.15, -0.1) is 0 Å². The van der Waals surface area contributed by atoms with Gasteiger partial charge in [0.05, 0.1) is 0 Å². The number of nitrogens with two attached hydrogens (primary N) is 1. The summed E-state index contributed by atoms with van der Waals surface area (Å²) < 4.78 is 5.22. The molecule has 0 aliphatic heterocycles. The van der Waals surface area contributed by atoms with Crippen LogP contribution in [0.5, 0.6) is 0 Å². The molecular weight excluding hydrogens is 322 g/mol. The van der Waals surface area contributed by atoms with Gasteiger partial charge in [-0.05, 0) is 46.9 Å². The van der Waals surface area contributed by atoms with Gasteiger partial charge in [-0.25, -0.2) is 0 Å². The summed E-state index contributed by atoms with van der Waals surface area (Å²) in [5.41, 5.74) is 11.2. The van der Waals surface area contributed by atoms with Gasteiger partial charge >= 0.3 is 5.97 Å². The SMILES string of the molecule is CC(=O)OC(N)CC(c1ccc(C(C)C)cc1)C(C)c1ccccc1C. The van der Waals surface area contributed by atoms with Crippen LogP contribution in [0.1, 0.15) is 74.1 Å². The summed E-state index contributed by atoms with van der Waals surface area (Å²) in [6.45, 7) is 10.1. The smallest absolute Gasteiger partial charge is 0.304 e. The van der Waals surface area contributed by atoms with E-state index >= 15 is 0 Å². The molecule has 2 rings (SSSR count). The molecule has 0 bridgehead atoms. The first-order valence-electron chi connectivity index (χ1n) is 9.37. The van der Waals surface area contributed by atoms with Crippen LogP contribution in [0.2, 0.25) is 0 Å². The highest BCUT2D eigenvalue weighted by Crippen LogP contribution is 2.37. The van der Waals surface area contributed by atoms with Crippen molar-refractivity contribution in [3.8, 4) is 0 Å². The minimum atomic E-state index is -0.603. The zero-order valence-electron chi connectivity index (χ0n) is 16.5. The van der Waals surface area contributed by atoms with Crippen molar-refractivity contribution < 1.29 is 9.53 Å². The summed E-state index contributed by atoms with van der Waals surface area (Å²) in [5.74, 6) is 0.601. The van der Waals surface area contributed by atoms with Gasteiger partial charge in [0.15, 0.2) is 6.23 Å². The number of hydrogen-bond acceptors (Lipinski definition) is 3. The van der Waals surface area contributed by atoms with Crippen molar-refractivity contribution in [1.29, 1.82) is 0 Å². The lowest BCUT2D eigenvalue weighted by Gasteiger charge is -2.28. The Bertz CT molecular complexity index is 721. The number of hydrogen-bond donors (Lipinski definition) is 1. The number of aryl methyl sites for hydroxylation is 1. The van der Waals surface area contributed by atoms with Gasteiger partial charge in [-0.2, -0.15) is 0 Å². The Morgan fingerprint density at radius 3 is 2.12 bits per heavy atom. The molecule has 0 saturated carbocycles. The van der Waals surface area contributed by atoms with Crippen molar-refractivity contribution in [1.82, 2.24) is 0 Å². The number of carbonyl (C=O) groups is 1. The number of carbonyl (C=O) groups excluding carboxylic acids is 1. The quantitative estimate of drug-likeness (QED) is 0.547. The topological polar surface area (TPSA) is 52.3 Å². The highest BCUT2D eigenvalue weighted by Gasteiger charge is 2.25. The number of ether oxygens (including phenoxy) is 1. The first-order valence-corrected chi connectivity index (χ1v) is 9.37. The third-order valence-corrected chi connectivity index (χ3v) is 5.12. The standard InChI is InChI=1S/C23H31NO2/c1-15(2)19-10-12-20(13-11-19)22(14-23(24)26-18(5)25)17(4)21-9-7-6-8-16(21)3/h6-13,15,17,22-23H,14,24H2,1-5H3. The number of rotatable bonds is 7. The highest BCUT2D eigenvalue weighted by atomic mass is 16.5. The van der Waals surface area contributed by atoms with Crippen molar-refractivity contribution in [2.45, 2.75) is 65.0 Å². The van der Waals surface area contributed by atoms with Crippen LogP contribution < -0.4 is 5.73 Å². The Balaban J connectivity index is 2.34. The van der Waals surface area contributed by atoms with Crippen molar-refractivity contribution in [2.24, 2.45) is 5.73 Å². The van der Waals surface area contributed by atoms with Crippen LogP contribution in [0.15, 0.2) is 48.5 Å². The Hall–Kier alpha value is -2.13. The maximum absolute atomic E-state index is 11.3. The summed E-state index contributed by atoms with van der Waals surface area (Å²) >= 11 is 0. The molecule has 0 heterocycles. The molecule has 0 spiro atoms. The Kier molecular flexibility index (Phi) is 6.98. The lowest BCUT2D eigenvalue weighted by molar-refractivity contribution is -0.146. The number of benzene rings is 2. The molecule has 0 fully saturated rings. The zero-order chi connectivity index (χ0) is 19.3. The van der Waals surface area contributed by atoms with Crippen LogP contribution in [0.25, 0.3) is 0 Å².